The molecule has 0 saturated carbocycles. The fourth-order valence-corrected chi connectivity index (χ4v) is 12.9. The zero-order chi connectivity index (χ0) is 39.7. The molecule has 2 heterocycles. The Hall–Kier alpha value is -2.78. The number of aromatic nitrogens is 2. The first-order chi connectivity index (χ1) is 24.2. The molecule has 0 atom stereocenters. The minimum atomic E-state index is -10.7. The van der Waals surface area contributed by atoms with Crippen molar-refractivity contribution in [2.45, 2.75) is 80.9 Å². The summed E-state index contributed by atoms with van der Waals surface area (Å²) in [6, 6.07) is 15.6. The third-order valence-corrected chi connectivity index (χ3v) is 13.9. The maximum atomic E-state index is 9.87. The molecule has 15 heteroatoms. The number of anilines is 2. The summed E-state index contributed by atoms with van der Waals surface area (Å²) >= 11 is -3.74. The molecule has 0 bridgehead atoms. The van der Waals surface area contributed by atoms with Gasteiger partial charge in [0.2, 0.25) is 0 Å². The van der Waals surface area contributed by atoms with Gasteiger partial charge in [0.15, 0.2) is 0 Å². The predicted octanol–water partition coefficient (Wildman–Crippen LogP) is 11.7. The summed E-state index contributed by atoms with van der Waals surface area (Å²) in [4.78, 5) is 4.82. The van der Waals surface area contributed by atoms with Crippen molar-refractivity contribution in [3.05, 3.63) is 106 Å². The zero-order valence-corrected chi connectivity index (χ0v) is 35.6. The Morgan fingerprint density at radius 3 is 1.70 bits per heavy atom. The number of benzene rings is 3. The number of halogens is 8. The molecule has 1 aliphatic rings. The van der Waals surface area contributed by atoms with Crippen molar-refractivity contribution in [1.82, 2.24) is 4.57 Å². The second-order valence-electron chi connectivity index (χ2n) is 14.0. The van der Waals surface area contributed by atoms with Gasteiger partial charge in [0.25, 0.3) is 0 Å². The minimum absolute atomic E-state index is 0.0285. The van der Waals surface area contributed by atoms with Gasteiger partial charge in [-0.1, -0.05) is 0 Å². The standard InChI is InChI=1S/C21H26N2.C17H23N2O.2ClH.F6P.Ru/c1-14-9-16(3)20(17(4)10-14)22-7-8-23(13-22)21-18(5)11-15(2)12-19(21)6;1-14(2)20-17-8-7-16(12-15(17)3)6-5-9-19-11-10-18(4)13-19;;;1-7(2,3,4,5)6;/h9-12H,7-8H2,1-6H3;3,7-8,10-14H,5-6,9H2,1-2,4H3;2*1H;;/q;+1;;;-1;+2/p-2. The molecule has 1 saturated heterocycles. The fraction of sp³-hybridized carbons (Fsp3) is 0.395. The van der Waals surface area contributed by atoms with Crippen LogP contribution in [0.3, 0.4) is 0 Å². The topological polar surface area (TPSA) is 24.5 Å². The van der Waals surface area contributed by atoms with Crippen LogP contribution in [-0.2, 0) is 31.9 Å². The van der Waals surface area contributed by atoms with E-state index < -0.39 is 19.7 Å². The van der Waals surface area contributed by atoms with Crippen LogP contribution in [0.2, 0.25) is 0 Å². The molecule has 5 nitrogen and oxygen atoms in total. The van der Waals surface area contributed by atoms with E-state index in [0.29, 0.717) is 0 Å². The average Bonchev–Trinajstić information content (AvgIpc) is 3.58. The molecule has 5 rings (SSSR count). The van der Waals surface area contributed by atoms with Gasteiger partial charge in [0, 0.05) is 0 Å². The van der Waals surface area contributed by atoms with Crippen LogP contribution < -0.4 is 19.1 Å². The van der Waals surface area contributed by atoms with Crippen molar-refractivity contribution in [1.29, 1.82) is 0 Å². The Morgan fingerprint density at radius 1 is 0.811 bits per heavy atom. The van der Waals surface area contributed by atoms with E-state index in [9.17, 15) is 25.2 Å². The fourth-order valence-electron chi connectivity index (χ4n) is 6.86. The van der Waals surface area contributed by atoms with Crippen LogP contribution in [0.25, 0.3) is 0 Å². The molecule has 0 N–H and O–H groups in total. The number of hydrogen-bond acceptors (Lipinski definition) is 3. The van der Waals surface area contributed by atoms with Gasteiger partial charge in [0.1, 0.15) is 0 Å². The van der Waals surface area contributed by atoms with Crippen molar-refractivity contribution in [3.8, 4) is 5.75 Å². The Kier molecular flexibility index (Phi) is 12.5. The summed E-state index contributed by atoms with van der Waals surface area (Å²) in [7, 11) is 6.96. The molecule has 1 aliphatic heterocycles. The van der Waals surface area contributed by atoms with Gasteiger partial charge in [-0.15, -0.1) is 0 Å². The van der Waals surface area contributed by atoms with Gasteiger partial charge in [-0.3, -0.25) is 0 Å². The van der Waals surface area contributed by atoms with E-state index in [1.165, 1.54) is 50.3 Å². The molecule has 4 aromatic rings. The Labute approximate surface area is 319 Å². The first kappa shape index (κ1) is 43.0. The summed E-state index contributed by atoms with van der Waals surface area (Å²) in [6.07, 6.45) is 8.32. The van der Waals surface area contributed by atoms with Crippen LogP contribution in [0.15, 0.2) is 61.2 Å². The van der Waals surface area contributed by atoms with E-state index in [-0.39, 0.29) is 6.10 Å². The molecule has 3 aromatic carbocycles. The maximum absolute atomic E-state index is 10.7. The van der Waals surface area contributed by atoms with E-state index in [1.807, 2.05) is 0 Å². The van der Waals surface area contributed by atoms with Crippen LogP contribution in [0, 0.1) is 41.5 Å². The monoisotopic (exact) mass is 894 g/mol. The summed E-state index contributed by atoms with van der Waals surface area (Å²) in [5.41, 5.74) is 12.1. The second-order valence-corrected chi connectivity index (χ2v) is 25.2. The van der Waals surface area contributed by atoms with Crippen molar-refractivity contribution in [2.24, 2.45) is 7.05 Å². The Bertz CT molecular complexity index is 2000. The Morgan fingerprint density at radius 2 is 1.28 bits per heavy atom. The zero-order valence-electron chi connectivity index (χ0n) is 31.5. The summed E-state index contributed by atoms with van der Waals surface area (Å²) in [6.45, 7) is 19.8. The molecule has 0 aliphatic carbocycles. The molecule has 53 heavy (non-hydrogen) atoms. The molecule has 0 radical (unpaired) electrons. The van der Waals surface area contributed by atoms with Crippen LogP contribution in [0.4, 0.5) is 36.6 Å². The quantitative estimate of drug-likeness (QED) is 0.0724. The number of rotatable bonds is 9. The summed E-state index contributed by atoms with van der Waals surface area (Å²) in [5.74, 6) is 0.824. The molecule has 1 fully saturated rings. The Balaban J connectivity index is 0.000000815. The van der Waals surface area contributed by atoms with Gasteiger partial charge in [0.05, 0.1) is 0 Å². The van der Waals surface area contributed by atoms with E-state index in [2.05, 4.69) is 147 Å². The number of nitrogens with zero attached hydrogens (tertiary/aromatic N) is 4. The van der Waals surface area contributed by atoms with E-state index in [1.54, 1.807) is 0 Å². The normalized spacial score (nSPS) is 15.2. The first-order valence-corrected chi connectivity index (χ1v) is 25.5. The SMILES string of the molecule is Cc1cc(C)c(N2CCN(c3c(C)cc(C)cc3C)[C]2=[Ru]([Cl])([Cl])=[CH]c2cc(CCCn3cc[n+](C)c3)ccc2OC(C)C)c(C)c1.F[P-](F)(F)(F)(F)F. The third-order valence-electron chi connectivity index (χ3n) is 8.38. The molecular formula is C38H49Cl2F6N4OPRu. The summed E-state index contributed by atoms with van der Waals surface area (Å²) in [5, 5.41) is 0. The molecule has 0 spiro atoms. The molecule has 0 unspecified atom stereocenters. The predicted molar refractivity (Wildman–Crippen MR) is 208 cm³/mol. The third kappa shape index (κ3) is 12.6. The molecular weight excluding hydrogens is 845 g/mol. The van der Waals surface area contributed by atoms with Gasteiger partial charge in [-0.25, -0.2) is 0 Å². The average molecular weight is 895 g/mol. The molecule has 296 valence electrons. The van der Waals surface area contributed by atoms with E-state index in [0.717, 1.165) is 48.1 Å². The second kappa shape index (κ2) is 15.4. The van der Waals surface area contributed by atoms with Crippen LogP contribution in [0.1, 0.15) is 64.8 Å². The number of hydrogen-bond donors (Lipinski definition) is 0. The van der Waals surface area contributed by atoms with Crippen molar-refractivity contribution in [3.63, 3.8) is 0 Å². The summed E-state index contributed by atoms with van der Waals surface area (Å²) < 4.78 is 73.0. The van der Waals surface area contributed by atoms with Gasteiger partial charge in [-0.2, -0.15) is 0 Å². The van der Waals surface area contributed by atoms with Crippen LogP contribution in [-0.4, -0.2) is 32.7 Å². The van der Waals surface area contributed by atoms with Gasteiger partial charge >= 0.3 is 321 Å². The number of ether oxygens (including phenoxy) is 1. The van der Waals surface area contributed by atoms with Gasteiger partial charge < -0.3 is 0 Å². The van der Waals surface area contributed by atoms with Crippen LogP contribution in [0.5, 0.6) is 5.75 Å². The van der Waals surface area contributed by atoms with E-state index in [4.69, 9.17) is 24.1 Å². The van der Waals surface area contributed by atoms with Crippen molar-refractivity contribution < 1.29 is 46.4 Å². The molecule has 1 aromatic heterocycles. The first-order valence-electron chi connectivity index (χ1n) is 17.1. The van der Waals surface area contributed by atoms with Crippen molar-refractivity contribution in [2.75, 3.05) is 22.9 Å². The number of aryl methyl sites for hydroxylation is 9. The van der Waals surface area contributed by atoms with Crippen LogP contribution >= 0.6 is 27.2 Å². The van der Waals surface area contributed by atoms with Crippen molar-refractivity contribution >= 4 is 47.5 Å². The molecule has 0 amide bonds. The van der Waals surface area contributed by atoms with E-state index >= 15 is 0 Å². The number of imidazole rings is 1. The van der Waals surface area contributed by atoms with Gasteiger partial charge in [-0.05, 0) is 0 Å².